The third-order valence-electron chi connectivity index (χ3n) is 12.6. The number of ether oxygens (including phenoxy) is 2. The van der Waals surface area contributed by atoms with E-state index >= 15 is 9.59 Å². The molecule has 1 aliphatic carbocycles. The molecule has 0 bridgehead atoms. The van der Waals surface area contributed by atoms with Crippen molar-refractivity contribution in [2.24, 2.45) is 13.0 Å². The zero-order valence-corrected chi connectivity index (χ0v) is 34.3. The Hall–Kier alpha value is -6.67. The molecule has 4 atom stereocenters. The van der Waals surface area contributed by atoms with Crippen molar-refractivity contribution in [3.8, 4) is 17.2 Å². The van der Waals surface area contributed by atoms with Gasteiger partial charge in [-0.1, -0.05) is 66.2 Å². The van der Waals surface area contributed by atoms with Crippen LogP contribution in [0.4, 0.5) is 5.69 Å². The van der Waals surface area contributed by atoms with Crippen molar-refractivity contribution in [1.29, 1.82) is 0 Å². The number of amides is 2. The van der Waals surface area contributed by atoms with Gasteiger partial charge in [-0.05, 0) is 66.3 Å². The Labute approximate surface area is 348 Å². The lowest BCUT2D eigenvalue weighted by Gasteiger charge is -2.49. The number of hydrogen-bond acceptors (Lipinski definition) is 9. The van der Waals surface area contributed by atoms with E-state index in [1.54, 1.807) is 57.3 Å². The Morgan fingerprint density at radius 1 is 0.883 bits per heavy atom. The van der Waals surface area contributed by atoms with Crippen LogP contribution in [0.15, 0.2) is 105 Å². The monoisotopic (exact) mass is 828 g/mol. The molecule has 4 heterocycles. The van der Waals surface area contributed by atoms with Crippen LogP contribution in [0.25, 0.3) is 11.0 Å². The van der Waals surface area contributed by atoms with Gasteiger partial charge in [0.15, 0.2) is 11.5 Å². The Balaban J connectivity index is 1.19. The molecular weight excluding hydrogens is 788 g/mol. The molecule has 0 spiro atoms. The van der Waals surface area contributed by atoms with Gasteiger partial charge < -0.3 is 19.1 Å². The summed E-state index contributed by atoms with van der Waals surface area (Å²) in [6.07, 6.45) is 1.88. The molecule has 14 nitrogen and oxygen atoms in total. The van der Waals surface area contributed by atoms with Crippen LogP contribution in [-0.4, -0.2) is 54.6 Å². The molecule has 2 fully saturated rings. The molecule has 0 radical (unpaired) electrons. The van der Waals surface area contributed by atoms with E-state index in [2.05, 4.69) is 4.98 Å². The summed E-state index contributed by atoms with van der Waals surface area (Å²) in [6.45, 7) is 3.42. The predicted molar refractivity (Wildman–Crippen MR) is 224 cm³/mol. The Morgan fingerprint density at radius 3 is 2.27 bits per heavy atom. The molecule has 2 aromatic heterocycles. The molecule has 2 aliphatic heterocycles. The number of phenols is 1. The van der Waals surface area contributed by atoms with Gasteiger partial charge >= 0.3 is 11.4 Å². The van der Waals surface area contributed by atoms with Gasteiger partial charge in [-0.25, -0.2) is 33.4 Å². The molecule has 1 saturated heterocycles. The molecule has 4 aromatic carbocycles. The van der Waals surface area contributed by atoms with E-state index < -0.39 is 52.0 Å². The third kappa shape index (κ3) is 5.53. The average molecular weight is 829 g/mol. The highest BCUT2D eigenvalue weighted by molar-refractivity contribution is 6.32. The number of benzene rings is 4. The number of aromatic hydroxyl groups is 1. The van der Waals surface area contributed by atoms with E-state index in [0.717, 1.165) is 4.57 Å². The van der Waals surface area contributed by atoms with Gasteiger partial charge in [0.2, 0.25) is 11.8 Å². The lowest BCUT2D eigenvalue weighted by molar-refractivity contribution is -0.124. The van der Waals surface area contributed by atoms with Gasteiger partial charge in [0.05, 0.1) is 54.9 Å². The van der Waals surface area contributed by atoms with E-state index in [1.165, 1.54) is 33.1 Å². The van der Waals surface area contributed by atoms with Crippen LogP contribution in [0.1, 0.15) is 46.3 Å². The van der Waals surface area contributed by atoms with Gasteiger partial charge in [-0.15, -0.1) is 0 Å². The first-order chi connectivity index (χ1) is 28.8. The first-order valence-corrected chi connectivity index (χ1v) is 19.9. The molecule has 3 aliphatic rings. The largest absolute Gasteiger partial charge is 0.507 e. The van der Waals surface area contributed by atoms with Gasteiger partial charge in [-0.2, -0.15) is 0 Å². The van der Waals surface area contributed by atoms with E-state index in [1.807, 2.05) is 48.5 Å². The summed E-state index contributed by atoms with van der Waals surface area (Å²) in [7, 11) is 4.61. The average Bonchev–Trinajstić information content (AvgIpc) is 3.63. The fourth-order valence-corrected chi connectivity index (χ4v) is 10.1. The molecule has 6 aromatic rings. The van der Waals surface area contributed by atoms with Crippen LogP contribution in [0, 0.1) is 19.8 Å². The number of anilines is 1. The van der Waals surface area contributed by atoms with Gasteiger partial charge in [0.1, 0.15) is 11.4 Å². The maximum absolute atomic E-state index is 15.5. The highest BCUT2D eigenvalue weighted by Crippen LogP contribution is 2.62. The third-order valence-corrected chi connectivity index (χ3v) is 12.8. The topological polar surface area (TPSA) is 160 Å². The predicted octanol–water partition coefficient (Wildman–Crippen LogP) is 5.09. The number of fused-ring (bicyclic) bond motifs is 5. The van der Waals surface area contributed by atoms with Crippen molar-refractivity contribution in [1.82, 2.24) is 23.5 Å². The highest BCUT2D eigenvalue weighted by Gasteiger charge is 2.68. The number of phenolic OH excluding ortho intramolecular Hbond substituents is 1. The summed E-state index contributed by atoms with van der Waals surface area (Å²) in [5, 5.41) is 11.3. The standard InChI is InChI=1S/C45H41ClN6O8/c1-24-18-26(19-25(2)39(24)53)38-30-14-17-50-43(57)49(16-15-32-41(55)48(3)35-23-37(60-5)36(59-4)22-33(35)47-32)44(58)52(50)34(30)21-31-40(54)51(29-13-9-12-28(46)20-29)42(56)45(31,38)27-10-7-6-8-11-27/h6-14,18-20,22-23,31,34,38,53H,15-17,21H2,1-5H3/t31-,34+,38-,45+/m0/s1. The molecule has 2 amide bonds. The first-order valence-electron chi connectivity index (χ1n) is 19.5. The second kappa shape index (κ2) is 14.3. The molecule has 60 heavy (non-hydrogen) atoms. The summed E-state index contributed by atoms with van der Waals surface area (Å²) in [4.78, 5) is 78.8. The number of aromatic nitrogens is 5. The first kappa shape index (κ1) is 38.8. The fraction of sp³-hybridized carbons (Fsp3) is 0.289. The minimum absolute atomic E-state index is 0.00670. The number of methoxy groups -OCH3 is 2. The summed E-state index contributed by atoms with van der Waals surface area (Å²) in [5.74, 6) is -1.72. The number of rotatable bonds is 8. The Bertz CT molecular complexity index is 3000. The van der Waals surface area contributed by atoms with Crippen molar-refractivity contribution in [2.45, 2.75) is 57.2 Å². The van der Waals surface area contributed by atoms with Gasteiger partial charge in [-0.3, -0.25) is 14.4 Å². The van der Waals surface area contributed by atoms with Crippen LogP contribution in [-0.2, 0) is 41.6 Å². The number of carbonyl (C=O) groups is 2. The van der Waals surface area contributed by atoms with Gasteiger partial charge in [0, 0.05) is 43.1 Å². The van der Waals surface area contributed by atoms with E-state index in [-0.39, 0.29) is 37.4 Å². The number of allylic oxidation sites excluding steroid dienone is 2. The van der Waals surface area contributed by atoms with Crippen LogP contribution in [0.2, 0.25) is 5.02 Å². The molecule has 9 rings (SSSR count). The zero-order chi connectivity index (χ0) is 42.4. The maximum atomic E-state index is 15.5. The molecule has 1 N–H and O–H groups in total. The number of halogens is 1. The number of carbonyl (C=O) groups excluding carboxylic acids is 2. The summed E-state index contributed by atoms with van der Waals surface area (Å²) < 4.78 is 16.2. The Morgan fingerprint density at radius 2 is 1.58 bits per heavy atom. The van der Waals surface area contributed by atoms with E-state index in [4.69, 9.17) is 21.1 Å². The number of hydrogen-bond donors (Lipinski definition) is 1. The van der Waals surface area contributed by atoms with Crippen LogP contribution in [0.3, 0.4) is 0 Å². The summed E-state index contributed by atoms with van der Waals surface area (Å²) in [5.41, 5.74) is 1.54. The van der Waals surface area contributed by atoms with E-state index in [9.17, 15) is 19.5 Å². The van der Waals surface area contributed by atoms with Crippen molar-refractivity contribution in [3.63, 3.8) is 0 Å². The fourth-order valence-electron chi connectivity index (χ4n) is 9.87. The highest BCUT2D eigenvalue weighted by atomic mass is 35.5. The zero-order valence-electron chi connectivity index (χ0n) is 33.5. The minimum atomic E-state index is -1.48. The minimum Gasteiger partial charge on any atom is -0.507 e. The summed E-state index contributed by atoms with van der Waals surface area (Å²) >= 11 is 6.43. The SMILES string of the molecule is COc1cc2nc(CCn3c(=O)n4n(c3=O)[C@@H]3C[C@H]5C(=O)N(c6cccc(Cl)c6)C(=O)[C@@]5(c5ccccc5)[C@@H](c5cc(C)c(O)c(C)c5)C3=CC4)c(=O)n(C)c2cc1OC. The second-order valence-corrected chi connectivity index (χ2v) is 16.1. The summed E-state index contributed by atoms with van der Waals surface area (Å²) in [6, 6.07) is 22.0. The number of imide groups is 1. The lowest BCUT2D eigenvalue weighted by atomic mass is 9.53. The maximum Gasteiger partial charge on any atom is 0.347 e. The van der Waals surface area contributed by atoms with Crippen molar-refractivity contribution in [2.75, 3.05) is 19.1 Å². The van der Waals surface area contributed by atoms with Crippen LogP contribution in [0.5, 0.6) is 17.2 Å². The smallest absolute Gasteiger partial charge is 0.347 e. The molecular formula is C45H41ClN6O8. The number of nitrogens with zero attached hydrogens (tertiary/aromatic N) is 6. The molecule has 306 valence electrons. The van der Waals surface area contributed by atoms with Crippen molar-refractivity contribution >= 4 is 40.1 Å². The quantitative estimate of drug-likeness (QED) is 0.163. The van der Waals surface area contributed by atoms with Crippen LogP contribution >= 0.6 is 11.6 Å². The number of aryl methyl sites for hydroxylation is 4. The Kier molecular flexibility index (Phi) is 9.23. The van der Waals surface area contributed by atoms with Gasteiger partial charge in [0.25, 0.3) is 5.56 Å². The lowest BCUT2D eigenvalue weighted by Crippen LogP contribution is -2.53. The van der Waals surface area contributed by atoms with Crippen LogP contribution < -0.4 is 31.3 Å². The normalized spacial score (nSPS) is 20.8. The molecule has 1 saturated carbocycles. The van der Waals surface area contributed by atoms with Crippen molar-refractivity contribution in [3.05, 3.63) is 155 Å². The molecule has 15 heteroatoms. The van der Waals surface area contributed by atoms with E-state index in [0.29, 0.717) is 61.1 Å². The van der Waals surface area contributed by atoms with Crippen molar-refractivity contribution < 1.29 is 24.2 Å². The second-order valence-electron chi connectivity index (χ2n) is 15.7. The molecule has 0 unspecified atom stereocenters.